The van der Waals surface area contributed by atoms with Gasteiger partial charge in [-0.2, -0.15) is 0 Å². The molecule has 0 radical (unpaired) electrons. The third-order valence-electron chi connectivity index (χ3n) is 3.73. The number of carbonyl (C=O) groups excluding carboxylic acids is 2. The second-order valence-corrected chi connectivity index (χ2v) is 7.35. The van der Waals surface area contributed by atoms with Crippen LogP contribution in [0.3, 0.4) is 0 Å². The van der Waals surface area contributed by atoms with E-state index in [0.29, 0.717) is 23.6 Å². The van der Waals surface area contributed by atoms with E-state index in [0.717, 1.165) is 5.56 Å². The van der Waals surface area contributed by atoms with E-state index in [1.54, 1.807) is 45.0 Å². The third kappa shape index (κ3) is 7.42. The standard InChI is InChI=1S/C21H26N2O6/c1-21(2,3)29-20(26)23-16(13-24)11-14-5-8-17(9-6-14)28-18-10-7-15(12-22-18)19(25)27-4/h5-10,12,16,24H,11,13H2,1-4H3,(H,23,26). The number of hydrogen-bond donors (Lipinski definition) is 2. The minimum Gasteiger partial charge on any atom is -0.465 e. The van der Waals surface area contributed by atoms with Gasteiger partial charge in [0.1, 0.15) is 11.4 Å². The van der Waals surface area contributed by atoms with Crippen molar-refractivity contribution in [2.75, 3.05) is 13.7 Å². The quantitative estimate of drug-likeness (QED) is 0.685. The fourth-order valence-electron chi connectivity index (χ4n) is 2.41. The summed E-state index contributed by atoms with van der Waals surface area (Å²) in [6, 6.07) is 9.85. The van der Waals surface area contributed by atoms with Crippen LogP contribution in [0.2, 0.25) is 0 Å². The highest BCUT2D eigenvalue weighted by Crippen LogP contribution is 2.20. The van der Waals surface area contributed by atoms with Crippen molar-refractivity contribution in [3.8, 4) is 11.6 Å². The molecule has 0 fully saturated rings. The number of carbonyl (C=O) groups is 2. The Balaban J connectivity index is 1.93. The van der Waals surface area contributed by atoms with Crippen LogP contribution in [0.25, 0.3) is 0 Å². The Hall–Kier alpha value is -3.13. The largest absolute Gasteiger partial charge is 0.465 e. The molecule has 1 aromatic heterocycles. The fourth-order valence-corrected chi connectivity index (χ4v) is 2.41. The first-order valence-corrected chi connectivity index (χ1v) is 9.11. The maximum absolute atomic E-state index is 11.9. The number of rotatable bonds is 7. The van der Waals surface area contributed by atoms with Crippen molar-refractivity contribution in [1.82, 2.24) is 10.3 Å². The summed E-state index contributed by atoms with van der Waals surface area (Å²) in [6.07, 6.45) is 1.24. The Morgan fingerprint density at radius 2 is 1.83 bits per heavy atom. The van der Waals surface area contributed by atoms with E-state index in [9.17, 15) is 14.7 Å². The molecule has 0 saturated heterocycles. The molecular weight excluding hydrogens is 376 g/mol. The lowest BCUT2D eigenvalue weighted by Gasteiger charge is -2.22. The number of ether oxygens (including phenoxy) is 3. The van der Waals surface area contributed by atoms with Crippen molar-refractivity contribution < 1.29 is 28.9 Å². The Labute approximate surface area is 169 Å². The van der Waals surface area contributed by atoms with Crippen LogP contribution < -0.4 is 10.1 Å². The molecule has 0 aliphatic carbocycles. The van der Waals surface area contributed by atoms with Crippen molar-refractivity contribution >= 4 is 12.1 Å². The lowest BCUT2D eigenvalue weighted by Crippen LogP contribution is -2.42. The monoisotopic (exact) mass is 402 g/mol. The van der Waals surface area contributed by atoms with Crippen LogP contribution in [0, 0.1) is 0 Å². The Morgan fingerprint density at radius 3 is 2.34 bits per heavy atom. The minimum absolute atomic E-state index is 0.214. The molecule has 0 bridgehead atoms. The smallest absolute Gasteiger partial charge is 0.407 e. The highest BCUT2D eigenvalue weighted by molar-refractivity contribution is 5.88. The van der Waals surface area contributed by atoms with E-state index >= 15 is 0 Å². The molecular formula is C21H26N2O6. The highest BCUT2D eigenvalue weighted by atomic mass is 16.6. The molecule has 0 spiro atoms. The van der Waals surface area contributed by atoms with Crippen LogP contribution in [-0.4, -0.2) is 47.5 Å². The molecule has 156 valence electrons. The van der Waals surface area contributed by atoms with Gasteiger partial charge >= 0.3 is 12.1 Å². The molecule has 0 aliphatic rings. The zero-order valence-corrected chi connectivity index (χ0v) is 17.0. The molecule has 1 unspecified atom stereocenters. The molecule has 2 aromatic rings. The zero-order valence-electron chi connectivity index (χ0n) is 17.0. The second-order valence-electron chi connectivity index (χ2n) is 7.35. The number of amides is 1. The SMILES string of the molecule is COC(=O)c1ccc(Oc2ccc(CC(CO)NC(=O)OC(C)(C)C)cc2)nc1. The van der Waals surface area contributed by atoms with Crippen molar-refractivity contribution in [2.45, 2.75) is 38.8 Å². The number of hydrogen-bond acceptors (Lipinski definition) is 7. The Bertz CT molecular complexity index is 813. The Morgan fingerprint density at radius 1 is 1.14 bits per heavy atom. The van der Waals surface area contributed by atoms with E-state index in [2.05, 4.69) is 15.0 Å². The predicted octanol–water partition coefficient (Wildman–Crippen LogP) is 3.09. The van der Waals surface area contributed by atoms with E-state index in [-0.39, 0.29) is 6.61 Å². The zero-order chi connectivity index (χ0) is 21.4. The molecule has 0 aliphatic heterocycles. The van der Waals surface area contributed by atoms with Gasteiger partial charge in [-0.3, -0.25) is 0 Å². The van der Waals surface area contributed by atoms with Crippen LogP contribution >= 0.6 is 0 Å². The summed E-state index contributed by atoms with van der Waals surface area (Å²) >= 11 is 0. The van der Waals surface area contributed by atoms with Gasteiger partial charge in [-0.1, -0.05) is 12.1 Å². The number of methoxy groups -OCH3 is 1. The summed E-state index contributed by atoms with van der Waals surface area (Å²) in [5, 5.41) is 12.2. The van der Waals surface area contributed by atoms with Gasteiger partial charge in [0.05, 0.1) is 25.3 Å². The second kappa shape index (κ2) is 9.88. The van der Waals surface area contributed by atoms with Gasteiger partial charge in [-0.05, 0) is 51.0 Å². The average molecular weight is 402 g/mol. The predicted molar refractivity (Wildman–Crippen MR) is 106 cm³/mol. The topological polar surface area (TPSA) is 107 Å². The van der Waals surface area contributed by atoms with E-state index < -0.39 is 23.7 Å². The minimum atomic E-state index is -0.605. The molecule has 29 heavy (non-hydrogen) atoms. The summed E-state index contributed by atoms with van der Waals surface area (Å²) in [7, 11) is 1.30. The molecule has 1 atom stereocenters. The fraction of sp³-hybridized carbons (Fsp3) is 0.381. The van der Waals surface area contributed by atoms with E-state index in [1.165, 1.54) is 13.3 Å². The molecule has 0 saturated carbocycles. The van der Waals surface area contributed by atoms with Gasteiger partial charge in [-0.25, -0.2) is 14.6 Å². The van der Waals surface area contributed by atoms with Crippen molar-refractivity contribution in [1.29, 1.82) is 0 Å². The first kappa shape index (κ1) is 22.2. The first-order valence-electron chi connectivity index (χ1n) is 9.11. The first-order chi connectivity index (χ1) is 13.7. The number of nitrogens with zero attached hydrogens (tertiary/aromatic N) is 1. The molecule has 8 nitrogen and oxygen atoms in total. The molecule has 2 N–H and O–H groups in total. The van der Waals surface area contributed by atoms with Crippen LogP contribution in [0.5, 0.6) is 11.6 Å². The van der Waals surface area contributed by atoms with Crippen LogP contribution in [-0.2, 0) is 15.9 Å². The molecule has 1 heterocycles. The summed E-state index contributed by atoms with van der Waals surface area (Å²) < 4.78 is 15.5. The molecule has 2 rings (SSSR count). The van der Waals surface area contributed by atoms with Gasteiger partial charge in [0.15, 0.2) is 0 Å². The number of aliphatic hydroxyl groups excluding tert-OH is 1. The number of alkyl carbamates (subject to hydrolysis) is 1. The summed E-state index contributed by atoms with van der Waals surface area (Å²) in [5.74, 6) is 0.435. The van der Waals surface area contributed by atoms with Gasteiger partial charge in [0.25, 0.3) is 0 Å². The number of nitrogens with one attached hydrogen (secondary N) is 1. The normalized spacial score (nSPS) is 12.0. The summed E-state index contributed by atoms with van der Waals surface area (Å²) in [5.41, 5.74) is 0.635. The van der Waals surface area contributed by atoms with Crippen LogP contribution in [0.15, 0.2) is 42.6 Å². The maximum atomic E-state index is 11.9. The van der Waals surface area contributed by atoms with E-state index in [4.69, 9.17) is 9.47 Å². The maximum Gasteiger partial charge on any atom is 0.407 e. The number of pyridine rings is 1. The van der Waals surface area contributed by atoms with Crippen molar-refractivity contribution in [3.05, 3.63) is 53.7 Å². The third-order valence-corrected chi connectivity index (χ3v) is 3.73. The number of benzene rings is 1. The average Bonchev–Trinajstić information content (AvgIpc) is 2.67. The molecule has 1 aromatic carbocycles. The number of aliphatic hydroxyl groups is 1. The highest BCUT2D eigenvalue weighted by Gasteiger charge is 2.19. The van der Waals surface area contributed by atoms with Gasteiger partial charge in [0, 0.05) is 12.3 Å². The van der Waals surface area contributed by atoms with Crippen molar-refractivity contribution in [3.63, 3.8) is 0 Å². The number of esters is 1. The summed E-state index contributed by atoms with van der Waals surface area (Å²) in [6.45, 7) is 5.11. The Kier molecular flexibility index (Phi) is 7.55. The van der Waals surface area contributed by atoms with Gasteiger partial charge < -0.3 is 24.6 Å². The van der Waals surface area contributed by atoms with Crippen LogP contribution in [0.4, 0.5) is 4.79 Å². The van der Waals surface area contributed by atoms with Crippen LogP contribution in [0.1, 0.15) is 36.7 Å². The summed E-state index contributed by atoms with van der Waals surface area (Å²) in [4.78, 5) is 27.3. The molecule has 8 heteroatoms. The number of aromatic nitrogens is 1. The van der Waals surface area contributed by atoms with E-state index in [1.807, 2.05) is 12.1 Å². The lowest BCUT2D eigenvalue weighted by atomic mass is 10.1. The lowest BCUT2D eigenvalue weighted by molar-refractivity contribution is 0.0482. The van der Waals surface area contributed by atoms with Gasteiger partial charge in [-0.15, -0.1) is 0 Å². The van der Waals surface area contributed by atoms with Gasteiger partial charge in [0.2, 0.25) is 5.88 Å². The van der Waals surface area contributed by atoms with Crippen molar-refractivity contribution in [2.24, 2.45) is 0 Å². The molecule has 1 amide bonds.